The summed E-state index contributed by atoms with van der Waals surface area (Å²) in [7, 11) is 2.16. The van der Waals surface area contributed by atoms with Crippen molar-refractivity contribution in [3.63, 3.8) is 0 Å². The monoisotopic (exact) mass is 240 g/mol. The Morgan fingerprint density at radius 1 is 1.24 bits per heavy atom. The maximum atomic E-state index is 11.4. The highest BCUT2D eigenvalue weighted by Gasteiger charge is 2.22. The molecule has 1 heterocycles. The van der Waals surface area contributed by atoms with Gasteiger partial charge in [0.1, 0.15) is 0 Å². The number of carbonyl (C=O) groups excluding carboxylic acids is 1. The normalized spacial score (nSPS) is 22.6. The van der Waals surface area contributed by atoms with Gasteiger partial charge in [-0.2, -0.15) is 0 Å². The van der Waals surface area contributed by atoms with E-state index < -0.39 is 0 Å². The van der Waals surface area contributed by atoms with Gasteiger partial charge in [0.25, 0.3) is 0 Å². The fraction of sp³-hybridized carbons (Fsp3) is 0.917. The van der Waals surface area contributed by atoms with E-state index in [1.54, 1.807) is 0 Å². The lowest BCUT2D eigenvalue weighted by molar-refractivity contribution is -0.120. The molecule has 2 N–H and O–H groups in total. The van der Waals surface area contributed by atoms with E-state index >= 15 is 0 Å². The van der Waals surface area contributed by atoms with Crippen LogP contribution < -0.4 is 10.6 Å². The quantitative estimate of drug-likeness (QED) is 0.591. The molecule has 1 saturated heterocycles. The minimum atomic E-state index is 0.144. The molecule has 1 aliphatic carbocycles. The van der Waals surface area contributed by atoms with E-state index in [9.17, 15) is 4.79 Å². The zero-order valence-corrected chi connectivity index (χ0v) is 10.7. The number of rotatable bonds is 6. The number of likely N-dealkylation sites (N-methyl/N-ethyl adjacent to an activating group) is 1. The third kappa shape index (κ3) is 5.02. The summed E-state index contributed by atoms with van der Waals surface area (Å²) in [6.45, 7) is 7.01. The maximum Gasteiger partial charge on any atom is 0.234 e. The number of hydrogen-bond acceptors (Lipinski definition) is 4. The number of nitrogens with one attached hydrogen (secondary N) is 2. The number of nitrogens with zero attached hydrogens (tertiary/aromatic N) is 2. The Labute approximate surface area is 104 Å². The van der Waals surface area contributed by atoms with Crippen molar-refractivity contribution in [2.24, 2.45) is 0 Å². The summed E-state index contributed by atoms with van der Waals surface area (Å²) in [5.74, 6) is 0.144. The fourth-order valence-corrected chi connectivity index (χ4v) is 2.02. The van der Waals surface area contributed by atoms with Crippen LogP contribution >= 0.6 is 0 Å². The van der Waals surface area contributed by atoms with Gasteiger partial charge < -0.3 is 15.5 Å². The predicted octanol–water partition coefficient (Wildman–Crippen LogP) is -0.898. The van der Waals surface area contributed by atoms with Crippen LogP contribution in [0.4, 0.5) is 0 Å². The summed E-state index contributed by atoms with van der Waals surface area (Å²) in [5, 5.41) is 6.19. The number of hydrogen-bond donors (Lipinski definition) is 2. The number of piperazine rings is 1. The molecular weight excluding hydrogens is 216 g/mol. The highest BCUT2D eigenvalue weighted by Crippen LogP contribution is 2.18. The molecule has 2 rings (SSSR count). The van der Waals surface area contributed by atoms with E-state index in [2.05, 4.69) is 27.5 Å². The minimum Gasteiger partial charge on any atom is -0.352 e. The van der Waals surface area contributed by atoms with Crippen molar-refractivity contribution in [1.29, 1.82) is 0 Å². The van der Waals surface area contributed by atoms with Crippen LogP contribution in [0.15, 0.2) is 0 Å². The zero-order chi connectivity index (χ0) is 12.1. The largest absolute Gasteiger partial charge is 0.352 e. The molecule has 1 amide bonds. The van der Waals surface area contributed by atoms with Gasteiger partial charge in [-0.15, -0.1) is 0 Å². The van der Waals surface area contributed by atoms with E-state index in [1.165, 1.54) is 0 Å². The molecule has 0 spiro atoms. The van der Waals surface area contributed by atoms with Crippen molar-refractivity contribution in [3.05, 3.63) is 0 Å². The van der Waals surface area contributed by atoms with Gasteiger partial charge in [0.15, 0.2) is 0 Å². The van der Waals surface area contributed by atoms with Gasteiger partial charge in [0.05, 0.1) is 6.54 Å². The third-order valence-electron chi connectivity index (χ3n) is 3.43. The van der Waals surface area contributed by atoms with Gasteiger partial charge in [-0.1, -0.05) is 0 Å². The van der Waals surface area contributed by atoms with Crippen LogP contribution in [-0.4, -0.2) is 74.6 Å². The second-order valence-electron chi connectivity index (χ2n) is 5.16. The molecule has 0 bridgehead atoms. The van der Waals surface area contributed by atoms with Gasteiger partial charge in [0, 0.05) is 45.3 Å². The molecule has 5 nitrogen and oxygen atoms in total. The van der Waals surface area contributed by atoms with Crippen LogP contribution in [0, 0.1) is 0 Å². The van der Waals surface area contributed by atoms with E-state index in [1.807, 2.05) is 0 Å². The van der Waals surface area contributed by atoms with Crippen molar-refractivity contribution in [3.8, 4) is 0 Å². The maximum absolute atomic E-state index is 11.4. The Morgan fingerprint density at radius 3 is 2.59 bits per heavy atom. The second-order valence-corrected chi connectivity index (χ2v) is 5.16. The SMILES string of the molecule is CN1CCN(CCNCC(=O)NC2CC2)CC1. The van der Waals surface area contributed by atoms with Crippen LogP contribution in [0.25, 0.3) is 0 Å². The Kier molecular flexibility index (Phi) is 4.76. The minimum absolute atomic E-state index is 0.144. The van der Waals surface area contributed by atoms with Crippen molar-refractivity contribution in [2.75, 3.05) is 52.9 Å². The van der Waals surface area contributed by atoms with Crippen LogP contribution in [0.3, 0.4) is 0 Å². The lowest BCUT2D eigenvalue weighted by atomic mass is 10.3. The van der Waals surface area contributed by atoms with E-state index in [0.717, 1.165) is 52.1 Å². The second kappa shape index (κ2) is 6.33. The molecule has 0 radical (unpaired) electrons. The Morgan fingerprint density at radius 2 is 1.94 bits per heavy atom. The smallest absolute Gasteiger partial charge is 0.234 e. The Balaban J connectivity index is 1.46. The van der Waals surface area contributed by atoms with Gasteiger partial charge in [-0.25, -0.2) is 0 Å². The molecule has 0 aromatic heterocycles. The number of amides is 1. The third-order valence-corrected chi connectivity index (χ3v) is 3.43. The summed E-state index contributed by atoms with van der Waals surface area (Å²) in [6, 6.07) is 0.474. The summed E-state index contributed by atoms with van der Waals surface area (Å²) < 4.78 is 0. The summed E-state index contributed by atoms with van der Waals surface area (Å²) in [6.07, 6.45) is 2.32. The van der Waals surface area contributed by atoms with Crippen molar-refractivity contribution < 1.29 is 4.79 Å². The van der Waals surface area contributed by atoms with Crippen LogP contribution in [-0.2, 0) is 4.79 Å². The first-order chi connectivity index (χ1) is 8.24. The average molecular weight is 240 g/mol. The Bertz CT molecular complexity index is 247. The molecule has 0 atom stereocenters. The summed E-state index contributed by atoms with van der Waals surface area (Å²) in [5.41, 5.74) is 0. The van der Waals surface area contributed by atoms with Crippen LogP contribution in [0.2, 0.25) is 0 Å². The fourth-order valence-electron chi connectivity index (χ4n) is 2.02. The van der Waals surface area contributed by atoms with Crippen molar-refractivity contribution in [1.82, 2.24) is 20.4 Å². The molecule has 0 aromatic rings. The molecule has 98 valence electrons. The molecule has 0 unspecified atom stereocenters. The first kappa shape index (κ1) is 12.8. The van der Waals surface area contributed by atoms with Gasteiger partial charge in [-0.3, -0.25) is 9.69 Å². The highest BCUT2D eigenvalue weighted by molar-refractivity contribution is 5.78. The van der Waals surface area contributed by atoms with Crippen molar-refractivity contribution in [2.45, 2.75) is 18.9 Å². The van der Waals surface area contributed by atoms with E-state index in [-0.39, 0.29) is 5.91 Å². The predicted molar refractivity (Wildman–Crippen MR) is 68.0 cm³/mol. The molecule has 17 heavy (non-hydrogen) atoms. The van der Waals surface area contributed by atoms with Crippen LogP contribution in [0.5, 0.6) is 0 Å². The first-order valence-corrected chi connectivity index (χ1v) is 6.65. The summed E-state index contributed by atoms with van der Waals surface area (Å²) in [4.78, 5) is 16.2. The summed E-state index contributed by atoms with van der Waals surface area (Å²) >= 11 is 0. The molecule has 1 aliphatic heterocycles. The average Bonchev–Trinajstić information content (AvgIpc) is 3.11. The van der Waals surface area contributed by atoms with Crippen molar-refractivity contribution >= 4 is 5.91 Å². The first-order valence-electron chi connectivity index (χ1n) is 6.65. The van der Waals surface area contributed by atoms with Crippen LogP contribution in [0.1, 0.15) is 12.8 Å². The lowest BCUT2D eigenvalue weighted by Gasteiger charge is -2.32. The molecule has 2 fully saturated rings. The van der Waals surface area contributed by atoms with Gasteiger partial charge >= 0.3 is 0 Å². The standard InChI is InChI=1S/C12H24N4O/c1-15-6-8-16(9-7-15)5-4-13-10-12(17)14-11-2-3-11/h11,13H,2-10H2,1H3,(H,14,17). The molecule has 1 saturated carbocycles. The van der Waals surface area contributed by atoms with E-state index in [4.69, 9.17) is 0 Å². The lowest BCUT2D eigenvalue weighted by Crippen LogP contribution is -2.47. The molecule has 2 aliphatic rings. The highest BCUT2D eigenvalue weighted by atomic mass is 16.2. The Hall–Kier alpha value is -0.650. The van der Waals surface area contributed by atoms with Gasteiger partial charge in [-0.05, 0) is 19.9 Å². The number of carbonyl (C=O) groups is 1. The van der Waals surface area contributed by atoms with Gasteiger partial charge in [0.2, 0.25) is 5.91 Å². The molecular formula is C12H24N4O. The molecule has 0 aromatic carbocycles. The zero-order valence-electron chi connectivity index (χ0n) is 10.7. The molecule has 5 heteroatoms. The topological polar surface area (TPSA) is 47.6 Å². The van der Waals surface area contributed by atoms with E-state index in [0.29, 0.717) is 12.6 Å².